The van der Waals surface area contributed by atoms with Crippen LogP contribution >= 0.6 is 27.3 Å². The van der Waals surface area contributed by atoms with E-state index < -0.39 is 0 Å². The van der Waals surface area contributed by atoms with Crippen LogP contribution in [0.25, 0.3) is 10.2 Å². The number of carbonyl (C=O) groups excluding carboxylic acids is 1. The Bertz CT molecular complexity index is 1000. The fraction of sp³-hybridized carbons (Fsp3) is 0.364. The highest BCUT2D eigenvalue weighted by Gasteiger charge is 2.22. The highest BCUT2D eigenvalue weighted by atomic mass is 79.9. The maximum Gasteiger partial charge on any atom is 0.260 e. The minimum absolute atomic E-state index is 0.0319. The van der Waals surface area contributed by atoms with E-state index in [0.717, 1.165) is 59.7 Å². The second kappa shape index (κ2) is 9.87. The van der Waals surface area contributed by atoms with Crippen LogP contribution in [-0.2, 0) is 4.74 Å². The maximum absolute atomic E-state index is 13.4. The minimum Gasteiger partial charge on any atom is -0.497 e. The molecule has 6 nitrogen and oxygen atoms in total. The van der Waals surface area contributed by atoms with Crippen LogP contribution in [0.5, 0.6) is 5.75 Å². The summed E-state index contributed by atoms with van der Waals surface area (Å²) >= 11 is 4.97. The second-order valence-electron chi connectivity index (χ2n) is 7.10. The summed E-state index contributed by atoms with van der Waals surface area (Å²) in [6.45, 7) is 5.00. The lowest BCUT2D eigenvalue weighted by molar-refractivity contribution is 0.0376. The van der Waals surface area contributed by atoms with Crippen LogP contribution in [-0.4, -0.2) is 62.3 Å². The molecule has 0 radical (unpaired) electrons. The average Bonchev–Trinajstić information content (AvgIpc) is 3.20. The molecule has 0 aliphatic carbocycles. The fourth-order valence-electron chi connectivity index (χ4n) is 3.45. The summed E-state index contributed by atoms with van der Waals surface area (Å²) in [6, 6.07) is 13.3. The molecule has 4 rings (SSSR count). The van der Waals surface area contributed by atoms with Gasteiger partial charge in [-0.25, -0.2) is 4.98 Å². The van der Waals surface area contributed by atoms with Crippen LogP contribution in [0.2, 0.25) is 0 Å². The first-order chi connectivity index (χ1) is 14.6. The Morgan fingerprint density at radius 1 is 1.23 bits per heavy atom. The highest BCUT2D eigenvalue weighted by molar-refractivity contribution is 9.10. The molecule has 0 bridgehead atoms. The predicted molar refractivity (Wildman–Crippen MR) is 124 cm³/mol. The summed E-state index contributed by atoms with van der Waals surface area (Å²) in [4.78, 5) is 22.3. The molecule has 2 aromatic carbocycles. The summed E-state index contributed by atoms with van der Waals surface area (Å²) in [5.41, 5.74) is 1.50. The zero-order valence-electron chi connectivity index (χ0n) is 16.8. The van der Waals surface area contributed by atoms with E-state index in [0.29, 0.717) is 17.2 Å². The molecule has 1 aliphatic heterocycles. The van der Waals surface area contributed by atoms with Crippen molar-refractivity contribution in [2.45, 2.75) is 6.42 Å². The van der Waals surface area contributed by atoms with Gasteiger partial charge >= 0.3 is 0 Å². The number of amides is 1. The molecule has 8 heteroatoms. The summed E-state index contributed by atoms with van der Waals surface area (Å²) in [6.07, 6.45) is 0.877. The summed E-state index contributed by atoms with van der Waals surface area (Å²) in [7, 11) is 1.64. The lowest BCUT2D eigenvalue weighted by Crippen LogP contribution is -2.39. The first kappa shape index (κ1) is 21.2. The van der Waals surface area contributed by atoms with Crippen molar-refractivity contribution in [2.24, 2.45) is 0 Å². The van der Waals surface area contributed by atoms with E-state index in [2.05, 4.69) is 20.8 Å². The number of anilines is 1. The molecule has 0 spiro atoms. The molecule has 30 heavy (non-hydrogen) atoms. The SMILES string of the molecule is COc1ccc2sc(N(CCCN3CCOCC3)C(=O)c3ccc(Br)cc3)nc2c1. The number of morpholine rings is 1. The second-order valence-corrected chi connectivity index (χ2v) is 9.03. The molecule has 0 saturated carbocycles. The number of methoxy groups -OCH3 is 1. The summed E-state index contributed by atoms with van der Waals surface area (Å²) in [5.74, 6) is 0.730. The third-order valence-corrected chi connectivity index (χ3v) is 6.70. The van der Waals surface area contributed by atoms with Crippen LogP contribution in [0.4, 0.5) is 5.13 Å². The van der Waals surface area contributed by atoms with Gasteiger partial charge in [0.1, 0.15) is 5.75 Å². The Balaban J connectivity index is 1.57. The standard InChI is InChI=1S/C22H24BrN3O3S/c1-28-18-7-8-20-19(15-18)24-22(30-20)26(10-2-9-25-11-13-29-14-12-25)21(27)16-3-5-17(23)6-4-16/h3-8,15H,2,9-14H2,1H3. The lowest BCUT2D eigenvalue weighted by atomic mass is 10.2. The number of benzene rings is 2. The first-order valence-corrected chi connectivity index (χ1v) is 11.6. The Kier molecular flexibility index (Phi) is 6.99. The number of hydrogen-bond donors (Lipinski definition) is 0. The van der Waals surface area contributed by atoms with E-state index in [9.17, 15) is 4.79 Å². The van der Waals surface area contributed by atoms with Crippen LogP contribution in [0.15, 0.2) is 46.9 Å². The predicted octanol–water partition coefficient (Wildman–Crippen LogP) is 4.44. The monoisotopic (exact) mass is 489 g/mol. The van der Waals surface area contributed by atoms with E-state index in [4.69, 9.17) is 14.5 Å². The summed E-state index contributed by atoms with van der Waals surface area (Å²) in [5, 5.41) is 0.716. The van der Waals surface area contributed by atoms with Gasteiger partial charge in [-0.2, -0.15) is 0 Å². The van der Waals surface area contributed by atoms with Crippen molar-refractivity contribution in [3.05, 3.63) is 52.5 Å². The quantitative estimate of drug-likeness (QED) is 0.491. The summed E-state index contributed by atoms with van der Waals surface area (Å²) < 4.78 is 12.7. The molecule has 1 amide bonds. The first-order valence-electron chi connectivity index (χ1n) is 9.96. The molecule has 3 aromatic rings. The highest BCUT2D eigenvalue weighted by Crippen LogP contribution is 2.32. The van der Waals surface area contributed by atoms with Crippen LogP contribution in [0.3, 0.4) is 0 Å². The third-order valence-electron chi connectivity index (χ3n) is 5.11. The van der Waals surface area contributed by atoms with Gasteiger partial charge in [-0.05, 0) is 42.8 Å². The Morgan fingerprint density at radius 3 is 2.73 bits per heavy atom. The van der Waals surface area contributed by atoms with E-state index >= 15 is 0 Å². The van der Waals surface area contributed by atoms with Crippen LogP contribution in [0.1, 0.15) is 16.8 Å². The number of fused-ring (bicyclic) bond motifs is 1. The molecular formula is C22H24BrN3O3S. The number of halogens is 1. The van der Waals surface area contributed by atoms with Crippen molar-refractivity contribution in [1.82, 2.24) is 9.88 Å². The van der Waals surface area contributed by atoms with Gasteiger partial charge < -0.3 is 9.47 Å². The molecule has 158 valence electrons. The van der Waals surface area contributed by atoms with Crippen molar-refractivity contribution < 1.29 is 14.3 Å². The molecule has 1 fully saturated rings. The molecule has 0 N–H and O–H groups in total. The largest absolute Gasteiger partial charge is 0.497 e. The van der Waals surface area contributed by atoms with Crippen molar-refractivity contribution in [3.8, 4) is 5.75 Å². The van der Waals surface area contributed by atoms with Gasteiger partial charge in [0.15, 0.2) is 5.13 Å². The minimum atomic E-state index is -0.0319. The number of rotatable bonds is 7. The van der Waals surface area contributed by atoms with Crippen molar-refractivity contribution in [1.29, 1.82) is 0 Å². The van der Waals surface area contributed by atoms with E-state index in [-0.39, 0.29) is 5.91 Å². The zero-order chi connectivity index (χ0) is 20.9. The van der Waals surface area contributed by atoms with Crippen molar-refractivity contribution in [3.63, 3.8) is 0 Å². The maximum atomic E-state index is 13.4. The topological polar surface area (TPSA) is 54.9 Å². The number of nitrogens with zero attached hydrogens (tertiary/aromatic N) is 3. The molecule has 0 unspecified atom stereocenters. The van der Waals surface area contributed by atoms with Gasteiger partial charge in [-0.3, -0.25) is 14.6 Å². The number of aromatic nitrogens is 1. The van der Waals surface area contributed by atoms with Crippen molar-refractivity contribution in [2.75, 3.05) is 51.4 Å². The fourth-order valence-corrected chi connectivity index (χ4v) is 4.68. The van der Waals surface area contributed by atoms with Gasteiger partial charge in [0.05, 0.1) is 30.5 Å². The normalized spacial score (nSPS) is 14.7. The number of thiazole rings is 1. The molecule has 2 heterocycles. The molecular weight excluding hydrogens is 466 g/mol. The van der Waals surface area contributed by atoms with Crippen LogP contribution < -0.4 is 9.64 Å². The lowest BCUT2D eigenvalue weighted by Gasteiger charge is -2.27. The Labute approximate surface area is 188 Å². The molecule has 1 aliphatic rings. The van der Waals surface area contributed by atoms with E-state index in [1.165, 1.54) is 11.3 Å². The number of carbonyl (C=O) groups is 1. The third kappa shape index (κ3) is 5.00. The van der Waals surface area contributed by atoms with E-state index in [1.54, 1.807) is 12.0 Å². The van der Waals surface area contributed by atoms with Gasteiger partial charge in [0.2, 0.25) is 0 Å². The van der Waals surface area contributed by atoms with Gasteiger partial charge in [0.25, 0.3) is 5.91 Å². The van der Waals surface area contributed by atoms with Crippen LogP contribution in [0, 0.1) is 0 Å². The molecule has 0 atom stereocenters. The number of ether oxygens (including phenoxy) is 2. The molecule has 1 saturated heterocycles. The molecule has 1 aromatic heterocycles. The Hall–Kier alpha value is -2.00. The van der Waals surface area contributed by atoms with E-state index in [1.807, 2.05) is 42.5 Å². The van der Waals surface area contributed by atoms with Crippen molar-refractivity contribution >= 4 is 48.5 Å². The zero-order valence-corrected chi connectivity index (χ0v) is 19.2. The average molecular weight is 490 g/mol. The van der Waals surface area contributed by atoms with Gasteiger partial charge in [-0.15, -0.1) is 0 Å². The smallest absolute Gasteiger partial charge is 0.260 e. The number of hydrogen-bond acceptors (Lipinski definition) is 6. The van der Waals surface area contributed by atoms with Gasteiger partial charge in [0, 0.05) is 42.3 Å². The van der Waals surface area contributed by atoms with Gasteiger partial charge in [-0.1, -0.05) is 27.3 Å². The Morgan fingerprint density at radius 2 is 2.00 bits per heavy atom.